The van der Waals surface area contributed by atoms with Gasteiger partial charge >= 0.3 is 6.98 Å². The summed E-state index contributed by atoms with van der Waals surface area (Å²) in [6, 6.07) is 3.55. The van der Waals surface area contributed by atoms with Crippen LogP contribution in [0.4, 0.5) is 12.9 Å². The lowest BCUT2D eigenvalue weighted by atomic mass is 9.76. The number of aryl methyl sites for hydroxylation is 1. The summed E-state index contributed by atoms with van der Waals surface area (Å²) in [5, 5.41) is 0. The standard InChI is InChI=1S/C8H7BF3O/c1-6-2-3-7(5-13)4-8(6)9(10,11)12/h2-5H,1H3/q-1. The Bertz CT molecular complexity index is 333. The molecule has 1 aromatic rings. The first-order valence-electron chi connectivity index (χ1n) is 3.71. The molecule has 0 unspecified atom stereocenters. The number of hydrogen-bond acceptors (Lipinski definition) is 1. The molecule has 0 saturated carbocycles. The average Bonchev–Trinajstić information content (AvgIpc) is 2.03. The molecule has 5 heteroatoms. The lowest BCUT2D eigenvalue weighted by molar-refractivity contribution is 0.112. The van der Waals surface area contributed by atoms with Gasteiger partial charge in [-0.05, 0) is 6.92 Å². The van der Waals surface area contributed by atoms with Gasteiger partial charge in [0.15, 0.2) is 0 Å². The number of halogens is 3. The first-order chi connectivity index (χ1) is 5.95. The van der Waals surface area contributed by atoms with Gasteiger partial charge in [-0.25, -0.2) is 0 Å². The number of hydrogen-bond donors (Lipinski definition) is 0. The van der Waals surface area contributed by atoms with E-state index in [1.807, 2.05) is 0 Å². The Morgan fingerprint density at radius 2 is 1.92 bits per heavy atom. The third kappa shape index (κ3) is 2.11. The van der Waals surface area contributed by atoms with Crippen LogP contribution in [0.15, 0.2) is 18.2 Å². The summed E-state index contributed by atoms with van der Waals surface area (Å²) in [7, 11) is 0. The van der Waals surface area contributed by atoms with Crippen molar-refractivity contribution in [2.75, 3.05) is 0 Å². The Balaban J connectivity index is 3.27. The fourth-order valence-electron chi connectivity index (χ4n) is 1.08. The normalized spacial score (nSPS) is 11.4. The van der Waals surface area contributed by atoms with Crippen molar-refractivity contribution >= 4 is 18.7 Å². The second-order valence-electron chi connectivity index (χ2n) is 2.81. The molecule has 1 aromatic carbocycles. The van der Waals surface area contributed by atoms with Crippen molar-refractivity contribution < 1.29 is 17.7 Å². The van der Waals surface area contributed by atoms with Gasteiger partial charge < -0.3 is 12.9 Å². The van der Waals surface area contributed by atoms with E-state index in [1.165, 1.54) is 19.1 Å². The molecule has 0 aliphatic rings. The van der Waals surface area contributed by atoms with E-state index in [0.29, 0.717) is 6.29 Å². The predicted octanol–water partition coefficient (Wildman–Crippen LogP) is 1.86. The quantitative estimate of drug-likeness (QED) is 0.510. The number of benzene rings is 1. The molecule has 0 aliphatic carbocycles. The van der Waals surface area contributed by atoms with Crippen molar-refractivity contribution in [3.05, 3.63) is 29.3 Å². The Hall–Kier alpha value is -1.26. The van der Waals surface area contributed by atoms with E-state index < -0.39 is 12.4 Å². The van der Waals surface area contributed by atoms with Gasteiger partial charge in [-0.15, -0.1) is 5.46 Å². The van der Waals surface area contributed by atoms with Crippen molar-refractivity contribution in [1.82, 2.24) is 0 Å². The molecule has 0 heterocycles. The summed E-state index contributed by atoms with van der Waals surface area (Å²) < 4.78 is 36.9. The van der Waals surface area contributed by atoms with Gasteiger partial charge in [0.1, 0.15) is 6.29 Å². The molecule has 0 fully saturated rings. The molecule has 1 rings (SSSR count). The van der Waals surface area contributed by atoms with Crippen LogP contribution in [0.3, 0.4) is 0 Å². The molecule has 0 aliphatic heterocycles. The molecular formula is C8H7BF3O-. The molecule has 0 aromatic heterocycles. The molecule has 1 nitrogen and oxygen atoms in total. The van der Waals surface area contributed by atoms with E-state index in [2.05, 4.69) is 0 Å². The molecule has 13 heavy (non-hydrogen) atoms. The molecule has 70 valence electrons. The van der Waals surface area contributed by atoms with Crippen LogP contribution in [-0.4, -0.2) is 13.3 Å². The van der Waals surface area contributed by atoms with E-state index in [1.54, 1.807) is 0 Å². The fourth-order valence-corrected chi connectivity index (χ4v) is 1.08. The van der Waals surface area contributed by atoms with Crippen LogP contribution in [0.5, 0.6) is 0 Å². The largest absolute Gasteiger partial charge is 0.509 e. The Morgan fingerprint density at radius 1 is 1.31 bits per heavy atom. The molecule has 0 saturated heterocycles. The Labute approximate surface area is 73.6 Å². The highest BCUT2D eigenvalue weighted by molar-refractivity contribution is 6.74. The van der Waals surface area contributed by atoms with Gasteiger partial charge in [-0.1, -0.05) is 23.8 Å². The molecule has 0 atom stereocenters. The zero-order valence-electron chi connectivity index (χ0n) is 6.93. The molecule has 0 radical (unpaired) electrons. The van der Waals surface area contributed by atoms with Gasteiger partial charge in [0.2, 0.25) is 0 Å². The van der Waals surface area contributed by atoms with Crippen LogP contribution < -0.4 is 5.46 Å². The van der Waals surface area contributed by atoms with Crippen molar-refractivity contribution in [2.24, 2.45) is 0 Å². The molecule has 0 amide bonds. The molecular weight excluding hydrogens is 180 g/mol. The van der Waals surface area contributed by atoms with Gasteiger partial charge in [0.25, 0.3) is 0 Å². The third-order valence-corrected chi connectivity index (χ3v) is 1.79. The van der Waals surface area contributed by atoms with E-state index in [-0.39, 0.29) is 11.1 Å². The average molecular weight is 187 g/mol. The maximum atomic E-state index is 12.3. The number of aldehydes is 1. The van der Waals surface area contributed by atoms with Crippen molar-refractivity contribution in [2.45, 2.75) is 6.92 Å². The highest BCUT2D eigenvalue weighted by Gasteiger charge is 2.27. The van der Waals surface area contributed by atoms with Gasteiger partial charge in [-0.3, -0.25) is 4.79 Å². The second-order valence-corrected chi connectivity index (χ2v) is 2.81. The molecule has 0 N–H and O–H groups in total. The summed E-state index contributed by atoms with van der Waals surface area (Å²) >= 11 is 0. The number of carbonyl (C=O) groups excluding carboxylic acids is 1. The van der Waals surface area contributed by atoms with E-state index in [9.17, 15) is 17.7 Å². The fraction of sp³-hybridized carbons (Fsp3) is 0.125. The first kappa shape index (κ1) is 9.83. The van der Waals surface area contributed by atoms with Crippen molar-refractivity contribution in [3.8, 4) is 0 Å². The van der Waals surface area contributed by atoms with Crippen molar-refractivity contribution in [1.29, 1.82) is 0 Å². The van der Waals surface area contributed by atoms with Gasteiger partial charge in [0.05, 0.1) is 0 Å². The smallest absolute Gasteiger partial charge is 0.445 e. The summed E-state index contributed by atoms with van der Waals surface area (Å²) in [4.78, 5) is 10.2. The predicted molar refractivity (Wildman–Crippen MR) is 45.3 cm³/mol. The van der Waals surface area contributed by atoms with Crippen LogP contribution in [0.2, 0.25) is 0 Å². The van der Waals surface area contributed by atoms with Crippen molar-refractivity contribution in [3.63, 3.8) is 0 Å². The molecule has 0 bridgehead atoms. The number of rotatable bonds is 2. The first-order valence-corrected chi connectivity index (χ1v) is 3.71. The minimum atomic E-state index is -5.02. The second kappa shape index (κ2) is 3.24. The lowest BCUT2D eigenvalue weighted by Crippen LogP contribution is -2.36. The zero-order chi connectivity index (χ0) is 10.1. The topological polar surface area (TPSA) is 17.1 Å². The van der Waals surface area contributed by atoms with Crippen LogP contribution >= 0.6 is 0 Å². The maximum Gasteiger partial charge on any atom is 0.509 e. The van der Waals surface area contributed by atoms with E-state index >= 15 is 0 Å². The summed E-state index contributed by atoms with van der Waals surface area (Å²) in [6.45, 7) is -3.64. The minimum absolute atomic E-state index is 0.0554. The highest BCUT2D eigenvalue weighted by atomic mass is 19.4. The monoisotopic (exact) mass is 187 g/mol. The van der Waals surface area contributed by atoms with E-state index in [4.69, 9.17) is 0 Å². The SMILES string of the molecule is Cc1ccc(C=O)cc1[B-](F)(F)F. The lowest BCUT2D eigenvalue weighted by Gasteiger charge is -2.17. The Morgan fingerprint density at radius 3 is 2.38 bits per heavy atom. The maximum absolute atomic E-state index is 12.3. The van der Waals surface area contributed by atoms with Crippen LogP contribution in [0, 0.1) is 6.92 Å². The van der Waals surface area contributed by atoms with Gasteiger partial charge in [0, 0.05) is 5.56 Å². The van der Waals surface area contributed by atoms with Gasteiger partial charge in [-0.2, -0.15) is 0 Å². The Kier molecular flexibility index (Phi) is 2.45. The third-order valence-electron chi connectivity index (χ3n) is 1.79. The zero-order valence-corrected chi connectivity index (χ0v) is 6.93. The van der Waals surface area contributed by atoms with Crippen LogP contribution in [0.1, 0.15) is 15.9 Å². The summed E-state index contributed by atoms with van der Waals surface area (Å²) in [5.74, 6) is 0. The number of carbonyl (C=O) groups is 1. The highest BCUT2D eigenvalue weighted by Crippen LogP contribution is 2.12. The van der Waals surface area contributed by atoms with Crippen LogP contribution in [0.25, 0.3) is 0 Å². The summed E-state index contributed by atoms with van der Waals surface area (Å²) in [5.41, 5.74) is -0.484. The van der Waals surface area contributed by atoms with Crippen LogP contribution in [-0.2, 0) is 0 Å². The molecule has 0 spiro atoms. The minimum Gasteiger partial charge on any atom is -0.445 e. The summed E-state index contributed by atoms with van der Waals surface area (Å²) in [6.07, 6.45) is 0.407. The van der Waals surface area contributed by atoms with E-state index in [0.717, 1.165) is 6.07 Å².